The summed E-state index contributed by atoms with van der Waals surface area (Å²) in [5.74, 6) is -0.394. The lowest BCUT2D eigenvalue weighted by Crippen LogP contribution is -2.04. The van der Waals surface area contributed by atoms with Gasteiger partial charge in [0.2, 0.25) is 5.56 Å². The highest BCUT2D eigenvalue weighted by molar-refractivity contribution is 6.15. The van der Waals surface area contributed by atoms with Crippen molar-refractivity contribution in [2.24, 2.45) is 0 Å². The molecule has 0 aliphatic rings. The van der Waals surface area contributed by atoms with Crippen molar-refractivity contribution < 1.29 is 14.6 Å². The highest BCUT2D eigenvalue weighted by Crippen LogP contribution is 2.30. The number of aromatic amines is 1. The molecule has 2 aromatic carbocycles. The van der Waals surface area contributed by atoms with Gasteiger partial charge in [-0.15, -0.1) is 0 Å². The molecule has 100 valence electrons. The van der Waals surface area contributed by atoms with Gasteiger partial charge in [0.1, 0.15) is 5.75 Å². The van der Waals surface area contributed by atoms with Crippen LogP contribution in [0.3, 0.4) is 0 Å². The summed E-state index contributed by atoms with van der Waals surface area (Å²) in [6.07, 6.45) is 1.59. The van der Waals surface area contributed by atoms with Gasteiger partial charge < -0.3 is 14.8 Å². The van der Waals surface area contributed by atoms with Gasteiger partial charge in [-0.1, -0.05) is 0 Å². The van der Waals surface area contributed by atoms with E-state index in [-0.39, 0.29) is 11.1 Å². The normalized spacial score (nSPS) is 10.8. The van der Waals surface area contributed by atoms with Gasteiger partial charge in [0, 0.05) is 17.6 Å². The van der Waals surface area contributed by atoms with Crippen molar-refractivity contribution >= 4 is 27.5 Å². The zero-order valence-electron chi connectivity index (χ0n) is 10.6. The SMILES string of the molecule is COc1ccc2c(C(=O)O)cc3cc(=O)[nH]cc3c2c1. The van der Waals surface area contributed by atoms with Gasteiger partial charge in [0.15, 0.2) is 0 Å². The summed E-state index contributed by atoms with van der Waals surface area (Å²) in [7, 11) is 1.55. The number of rotatable bonds is 2. The monoisotopic (exact) mass is 269 g/mol. The van der Waals surface area contributed by atoms with E-state index in [0.29, 0.717) is 16.5 Å². The third-order valence-corrected chi connectivity index (χ3v) is 3.29. The fraction of sp³-hybridized carbons (Fsp3) is 0.0667. The van der Waals surface area contributed by atoms with E-state index < -0.39 is 5.97 Å². The third kappa shape index (κ3) is 1.80. The van der Waals surface area contributed by atoms with Crippen LogP contribution in [0.25, 0.3) is 21.5 Å². The van der Waals surface area contributed by atoms with Gasteiger partial charge in [-0.25, -0.2) is 4.79 Å². The highest BCUT2D eigenvalue weighted by atomic mass is 16.5. The predicted molar refractivity (Wildman–Crippen MR) is 75.6 cm³/mol. The molecule has 0 fully saturated rings. The van der Waals surface area contributed by atoms with E-state index in [1.807, 2.05) is 0 Å². The Bertz CT molecular complexity index is 895. The third-order valence-electron chi connectivity index (χ3n) is 3.29. The number of carboxylic acid groups (broad SMARTS) is 1. The number of carboxylic acids is 1. The Hall–Kier alpha value is -2.82. The first-order chi connectivity index (χ1) is 9.60. The van der Waals surface area contributed by atoms with Crippen molar-refractivity contribution in [2.45, 2.75) is 0 Å². The fourth-order valence-electron chi connectivity index (χ4n) is 2.36. The molecule has 5 nitrogen and oxygen atoms in total. The van der Waals surface area contributed by atoms with Crippen LogP contribution in [0.2, 0.25) is 0 Å². The first kappa shape index (κ1) is 12.2. The van der Waals surface area contributed by atoms with E-state index in [1.54, 1.807) is 31.5 Å². The Balaban J connectivity index is 2.55. The molecule has 0 spiro atoms. The van der Waals surface area contributed by atoms with Crippen molar-refractivity contribution in [1.29, 1.82) is 0 Å². The Morgan fingerprint density at radius 1 is 1.15 bits per heavy atom. The molecule has 0 atom stereocenters. The second-order valence-corrected chi connectivity index (χ2v) is 4.44. The Morgan fingerprint density at radius 2 is 1.95 bits per heavy atom. The highest BCUT2D eigenvalue weighted by Gasteiger charge is 2.13. The van der Waals surface area contributed by atoms with Gasteiger partial charge in [0.05, 0.1) is 12.7 Å². The average Bonchev–Trinajstić information content (AvgIpc) is 2.45. The van der Waals surface area contributed by atoms with Crippen molar-refractivity contribution in [1.82, 2.24) is 4.98 Å². The summed E-state index contributed by atoms with van der Waals surface area (Å²) >= 11 is 0. The van der Waals surface area contributed by atoms with Crippen molar-refractivity contribution in [3.63, 3.8) is 0 Å². The number of nitrogens with one attached hydrogen (secondary N) is 1. The molecule has 0 radical (unpaired) electrons. The number of aromatic nitrogens is 1. The van der Waals surface area contributed by atoms with Crippen LogP contribution in [0.4, 0.5) is 0 Å². The van der Waals surface area contributed by atoms with E-state index in [1.165, 1.54) is 12.1 Å². The summed E-state index contributed by atoms with van der Waals surface area (Å²) in [6.45, 7) is 0. The summed E-state index contributed by atoms with van der Waals surface area (Å²) in [4.78, 5) is 25.4. The van der Waals surface area contributed by atoms with E-state index in [2.05, 4.69) is 4.98 Å². The zero-order chi connectivity index (χ0) is 14.3. The number of ether oxygens (including phenoxy) is 1. The Morgan fingerprint density at radius 3 is 2.65 bits per heavy atom. The van der Waals surface area contributed by atoms with Crippen LogP contribution in [-0.4, -0.2) is 23.2 Å². The minimum atomic E-state index is -1.03. The van der Waals surface area contributed by atoms with Gasteiger partial charge in [0.25, 0.3) is 0 Å². The molecular formula is C15H11NO4. The second kappa shape index (κ2) is 4.38. The summed E-state index contributed by atoms with van der Waals surface area (Å²) in [5, 5.41) is 12.0. The molecule has 1 aromatic heterocycles. The maximum absolute atomic E-state index is 11.4. The number of carbonyl (C=O) groups is 1. The van der Waals surface area contributed by atoms with Crippen molar-refractivity contribution in [3.05, 3.63) is 52.4 Å². The quantitative estimate of drug-likeness (QED) is 0.700. The Labute approximate surface area is 113 Å². The number of hydrogen-bond donors (Lipinski definition) is 2. The molecule has 0 aliphatic carbocycles. The zero-order valence-corrected chi connectivity index (χ0v) is 10.6. The van der Waals surface area contributed by atoms with Gasteiger partial charge >= 0.3 is 5.97 Å². The number of aromatic carboxylic acids is 1. The maximum atomic E-state index is 11.4. The van der Waals surface area contributed by atoms with E-state index >= 15 is 0 Å². The van der Waals surface area contributed by atoms with Gasteiger partial charge in [-0.2, -0.15) is 0 Å². The summed E-state index contributed by atoms with van der Waals surface area (Å²) < 4.78 is 5.18. The molecule has 0 aliphatic heterocycles. The molecule has 3 aromatic rings. The van der Waals surface area contributed by atoms with E-state index in [4.69, 9.17) is 4.74 Å². The van der Waals surface area contributed by atoms with Gasteiger partial charge in [-0.05, 0) is 40.4 Å². The molecule has 0 unspecified atom stereocenters. The molecular weight excluding hydrogens is 258 g/mol. The largest absolute Gasteiger partial charge is 0.497 e. The molecule has 0 bridgehead atoms. The smallest absolute Gasteiger partial charge is 0.336 e. The molecule has 5 heteroatoms. The number of methoxy groups -OCH3 is 1. The van der Waals surface area contributed by atoms with Crippen LogP contribution in [0.1, 0.15) is 10.4 Å². The maximum Gasteiger partial charge on any atom is 0.336 e. The summed E-state index contributed by atoms with van der Waals surface area (Å²) in [6, 6.07) is 8.10. The van der Waals surface area contributed by atoms with Crippen molar-refractivity contribution in [2.75, 3.05) is 7.11 Å². The van der Waals surface area contributed by atoms with Crippen LogP contribution in [0.15, 0.2) is 41.3 Å². The number of hydrogen-bond acceptors (Lipinski definition) is 3. The van der Waals surface area contributed by atoms with Crippen LogP contribution >= 0.6 is 0 Å². The number of fused-ring (bicyclic) bond motifs is 3. The number of pyridine rings is 1. The first-order valence-electron chi connectivity index (χ1n) is 5.96. The number of benzene rings is 2. The molecule has 0 amide bonds. The topological polar surface area (TPSA) is 79.4 Å². The van der Waals surface area contributed by atoms with Crippen LogP contribution < -0.4 is 10.3 Å². The molecule has 2 N–H and O–H groups in total. The minimum absolute atomic E-state index is 0.167. The minimum Gasteiger partial charge on any atom is -0.497 e. The van der Waals surface area contributed by atoms with Crippen molar-refractivity contribution in [3.8, 4) is 5.75 Å². The van der Waals surface area contributed by atoms with Crippen LogP contribution in [-0.2, 0) is 0 Å². The average molecular weight is 269 g/mol. The molecule has 0 saturated heterocycles. The van der Waals surface area contributed by atoms with Crippen LogP contribution in [0.5, 0.6) is 5.75 Å². The Kier molecular flexibility index (Phi) is 2.68. The second-order valence-electron chi connectivity index (χ2n) is 4.44. The fourth-order valence-corrected chi connectivity index (χ4v) is 2.36. The molecule has 0 saturated carbocycles. The van der Waals surface area contributed by atoms with Gasteiger partial charge in [-0.3, -0.25) is 4.79 Å². The standard InChI is InChI=1S/C15H11NO4/c1-20-9-2-3-10-11(6-9)13-7-16-14(17)5-8(13)4-12(10)15(18)19/h2-7H,1H3,(H,16,17)(H,18,19). The van der Waals surface area contributed by atoms with Crippen LogP contribution in [0, 0.1) is 0 Å². The summed E-state index contributed by atoms with van der Waals surface area (Å²) in [5.41, 5.74) is -0.100. The van der Waals surface area contributed by atoms with E-state index in [9.17, 15) is 14.7 Å². The lowest BCUT2D eigenvalue weighted by molar-refractivity contribution is 0.0699. The molecule has 20 heavy (non-hydrogen) atoms. The predicted octanol–water partition coefficient (Wildman–Crippen LogP) is 2.39. The lowest BCUT2D eigenvalue weighted by atomic mass is 9.98. The lowest BCUT2D eigenvalue weighted by Gasteiger charge is -2.09. The number of H-pyrrole nitrogens is 1. The molecule has 1 heterocycles. The molecule has 3 rings (SSSR count). The van der Waals surface area contributed by atoms with E-state index in [0.717, 1.165) is 10.8 Å². The first-order valence-corrected chi connectivity index (χ1v) is 5.96.